The Labute approximate surface area is 294 Å². The van der Waals surface area contributed by atoms with Gasteiger partial charge >= 0.3 is 0 Å². The zero-order chi connectivity index (χ0) is 33.7. The first kappa shape index (κ1) is 42.0. The van der Waals surface area contributed by atoms with E-state index in [1.54, 1.807) is 0 Å². The first-order valence-corrected chi connectivity index (χ1v) is 20.7. The second-order valence-electron chi connectivity index (χ2n) is 15.0. The van der Waals surface area contributed by atoms with E-state index in [2.05, 4.69) is 81.5 Å². The van der Waals surface area contributed by atoms with Crippen molar-refractivity contribution in [2.24, 2.45) is 0 Å². The van der Waals surface area contributed by atoms with Gasteiger partial charge in [0.15, 0.2) is 5.79 Å². The Balaban J connectivity index is 1.55. The average molecular weight is 654 g/mol. The third kappa shape index (κ3) is 20.8. The third-order valence-electron chi connectivity index (χ3n) is 10.4. The van der Waals surface area contributed by atoms with E-state index < -0.39 is 0 Å². The first-order valence-electron chi connectivity index (χ1n) is 20.7. The van der Waals surface area contributed by atoms with Gasteiger partial charge in [0.05, 0.1) is 12.2 Å². The van der Waals surface area contributed by atoms with Gasteiger partial charge in [0.25, 0.3) is 0 Å². The van der Waals surface area contributed by atoms with Crippen molar-refractivity contribution in [1.29, 1.82) is 0 Å². The smallest absolute Gasteiger partial charge is 0.169 e. The van der Waals surface area contributed by atoms with E-state index in [0.29, 0.717) is 18.2 Å². The molecule has 3 heteroatoms. The van der Waals surface area contributed by atoms with E-state index in [9.17, 15) is 0 Å². The minimum absolute atomic E-state index is 0.302. The van der Waals surface area contributed by atoms with E-state index in [-0.39, 0.29) is 5.79 Å². The highest BCUT2D eigenvalue weighted by Crippen LogP contribution is 2.44. The molecule has 1 aliphatic carbocycles. The molecule has 0 unspecified atom stereocenters. The second kappa shape index (κ2) is 28.7. The van der Waals surface area contributed by atoms with Gasteiger partial charge in [-0.25, -0.2) is 0 Å². The quantitative estimate of drug-likeness (QED) is 0.0549. The minimum atomic E-state index is -0.308. The lowest BCUT2D eigenvalue weighted by Gasteiger charge is -2.31. The molecule has 3 atom stereocenters. The van der Waals surface area contributed by atoms with Crippen LogP contribution in [-0.4, -0.2) is 43.0 Å². The predicted molar refractivity (Wildman–Crippen MR) is 207 cm³/mol. The molecular weight excluding hydrogens is 574 g/mol. The zero-order valence-corrected chi connectivity index (χ0v) is 31.9. The molecule has 0 spiro atoms. The van der Waals surface area contributed by atoms with E-state index in [4.69, 9.17) is 9.47 Å². The highest BCUT2D eigenvalue weighted by atomic mass is 16.8. The molecule has 0 radical (unpaired) electrons. The second-order valence-corrected chi connectivity index (χ2v) is 15.0. The maximum absolute atomic E-state index is 6.83. The Morgan fingerprint density at radius 1 is 0.468 bits per heavy atom. The van der Waals surface area contributed by atoms with Crippen molar-refractivity contribution in [3.8, 4) is 0 Å². The van der Waals surface area contributed by atoms with Gasteiger partial charge in [0.1, 0.15) is 0 Å². The van der Waals surface area contributed by atoms with Crippen LogP contribution in [0.25, 0.3) is 0 Å². The van der Waals surface area contributed by atoms with Crippen LogP contribution < -0.4 is 0 Å². The summed E-state index contributed by atoms with van der Waals surface area (Å²) in [5, 5.41) is 0. The summed E-state index contributed by atoms with van der Waals surface area (Å²) in [5.74, 6) is -0.308. The maximum Gasteiger partial charge on any atom is 0.169 e. The van der Waals surface area contributed by atoms with Gasteiger partial charge in [-0.05, 0) is 104 Å². The van der Waals surface area contributed by atoms with Crippen LogP contribution in [0.4, 0.5) is 0 Å². The Hall–Kier alpha value is -1.16. The third-order valence-corrected chi connectivity index (χ3v) is 10.4. The molecule has 47 heavy (non-hydrogen) atoms. The maximum atomic E-state index is 6.83. The molecule has 3 nitrogen and oxygen atoms in total. The number of nitrogens with zero attached hydrogens (tertiary/aromatic N) is 1. The van der Waals surface area contributed by atoms with Gasteiger partial charge in [0, 0.05) is 18.9 Å². The topological polar surface area (TPSA) is 21.7 Å². The summed E-state index contributed by atoms with van der Waals surface area (Å²) >= 11 is 0. The molecule has 2 rings (SSSR count). The van der Waals surface area contributed by atoms with Crippen LogP contribution in [0, 0.1) is 0 Å². The van der Waals surface area contributed by atoms with Crippen molar-refractivity contribution in [2.45, 2.75) is 218 Å². The van der Waals surface area contributed by atoms with Gasteiger partial charge in [-0.3, -0.25) is 0 Å². The molecule has 1 aliphatic heterocycles. The summed E-state index contributed by atoms with van der Waals surface area (Å²) in [5.41, 5.74) is 0. The number of ether oxygens (including phenoxy) is 2. The molecule has 2 aliphatic rings. The Kier molecular flexibility index (Phi) is 25.6. The lowest BCUT2D eigenvalue weighted by atomic mass is 9.98. The van der Waals surface area contributed by atoms with Crippen LogP contribution in [0.2, 0.25) is 0 Å². The van der Waals surface area contributed by atoms with Crippen LogP contribution in [0.1, 0.15) is 194 Å². The lowest BCUT2D eigenvalue weighted by Crippen LogP contribution is -2.34. The van der Waals surface area contributed by atoms with Crippen LogP contribution in [0.15, 0.2) is 48.6 Å². The summed E-state index contributed by atoms with van der Waals surface area (Å²) < 4.78 is 13.7. The molecule has 2 fully saturated rings. The van der Waals surface area contributed by atoms with E-state index in [0.717, 1.165) is 38.5 Å². The molecule has 0 bridgehead atoms. The van der Waals surface area contributed by atoms with Crippen molar-refractivity contribution in [1.82, 2.24) is 4.90 Å². The summed E-state index contributed by atoms with van der Waals surface area (Å²) in [4.78, 5) is 2.36. The standard InChI is InChI=1S/C44H79NO2/c1-5-7-9-11-13-15-17-19-21-23-25-27-29-31-33-35-37-44(46-42-39-41(45(3)4)40-43(42)47-44)38-36-34-32-30-28-26-24-22-20-18-16-14-12-10-8-6-2/h13-16,19-22,41-43H,5-12,17-18,23-40H2,1-4H3/b15-13-,16-14-,21-19-,22-20-/t41-,42-,43+. The highest BCUT2D eigenvalue weighted by Gasteiger charge is 2.51. The largest absolute Gasteiger partial charge is 0.344 e. The van der Waals surface area contributed by atoms with Gasteiger partial charge in [0.2, 0.25) is 0 Å². The van der Waals surface area contributed by atoms with Gasteiger partial charge in [-0.1, -0.05) is 140 Å². The summed E-state index contributed by atoms with van der Waals surface area (Å²) in [6.07, 6.45) is 55.0. The predicted octanol–water partition coefficient (Wildman–Crippen LogP) is 13.6. The van der Waals surface area contributed by atoms with Crippen molar-refractivity contribution >= 4 is 0 Å². The van der Waals surface area contributed by atoms with Crippen LogP contribution in [-0.2, 0) is 9.47 Å². The molecule has 0 amide bonds. The Morgan fingerprint density at radius 2 is 0.809 bits per heavy atom. The van der Waals surface area contributed by atoms with E-state index in [1.807, 2.05) is 0 Å². The van der Waals surface area contributed by atoms with Gasteiger partial charge in [-0.2, -0.15) is 0 Å². The van der Waals surface area contributed by atoms with Crippen LogP contribution in [0.3, 0.4) is 0 Å². The number of hydrogen-bond acceptors (Lipinski definition) is 3. The van der Waals surface area contributed by atoms with Crippen molar-refractivity contribution in [3.63, 3.8) is 0 Å². The lowest BCUT2D eigenvalue weighted by molar-refractivity contribution is -0.193. The average Bonchev–Trinajstić information content (AvgIpc) is 3.61. The fraction of sp³-hybridized carbons (Fsp3) is 0.818. The minimum Gasteiger partial charge on any atom is -0.344 e. The van der Waals surface area contributed by atoms with E-state index >= 15 is 0 Å². The number of rotatable bonds is 31. The Morgan fingerprint density at radius 3 is 1.17 bits per heavy atom. The monoisotopic (exact) mass is 654 g/mol. The fourth-order valence-electron chi connectivity index (χ4n) is 7.31. The molecule has 272 valence electrons. The normalized spacial score (nSPS) is 21.2. The number of allylic oxidation sites excluding steroid dienone is 8. The molecule has 1 saturated carbocycles. The molecular formula is C44H79NO2. The van der Waals surface area contributed by atoms with Gasteiger partial charge < -0.3 is 14.4 Å². The molecule has 0 aromatic heterocycles. The van der Waals surface area contributed by atoms with Crippen LogP contribution >= 0.6 is 0 Å². The van der Waals surface area contributed by atoms with Crippen molar-refractivity contribution in [3.05, 3.63) is 48.6 Å². The number of hydrogen-bond donors (Lipinski definition) is 0. The summed E-state index contributed by atoms with van der Waals surface area (Å²) in [6, 6.07) is 0.603. The van der Waals surface area contributed by atoms with Gasteiger partial charge in [-0.15, -0.1) is 0 Å². The Bertz CT molecular complexity index is 763. The molecule has 0 N–H and O–H groups in total. The van der Waals surface area contributed by atoms with Crippen molar-refractivity contribution in [2.75, 3.05) is 14.1 Å². The summed E-state index contributed by atoms with van der Waals surface area (Å²) in [6.45, 7) is 4.54. The first-order chi connectivity index (χ1) is 23.1. The number of fused-ring (bicyclic) bond motifs is 1. The molecule has 1 heterocycles. The van der Waals surface area contributed by atoms with E-state index in [1.165, 1.54) is 141 Å². The SMILES string of the molecule is CCCCC/C=C\C/C=C\CCCCCCCCC1(CCCCCCCC/C=C\C/C=C\CCCCC)O[C@H]2C[C@H](N(C)C)C[C@H]2O1. The number of unbranched alkanes of at least 4 members (excludes halogenated alkanes) is 18. The van der Waals surface area contributed by atoms with Crippen LogP contribution in [0.5, 0.6) is 0 Å². The fourth-order valence-corrected chi connectivity index (χ4v) is 7.31. The zero-order valence-electron chi connectivity index (χ0n) is 31.9. The summed E-state index contributed by atoms with van der Waals surface area (Å²) in [7, 11) is 4.40. The molecule has 0 aromatic rings. The van der Waals surface area contributed by atoms with Crippen molar-refractivity contribution < 1.29 is 9.47 Å². The molecule has 1 saturated heterocycles. The molecule has 0 aromatic carbocycles. The highest BCUT2D eigenvalue weighted by molar-refractivity contribution is 4.97.